The van der Waals surface area contributed by atoms with Gasteiger partial charge in [-0.1, -0.05) is 91.4 Å². The van der Waals surface area contributed by atoms with Gasteiger partial charge in [0.25, 0.3) is 0 Å². The molecule has 0 saturated heterocycles. The second-order valence-corrected chi connectivity index (χ2v) is 6.67. The van der Waals surface area contributed by atoms with Gasteiger partial charge in [-0.2, -0.15) is 0 Å². The lowest BCUT2D eigenvalue weighted by molar-refractivity contribution is -0.362. The first-order valence-corrected chi connectivity index (χ1v) is 10.0. The minimum absolute atomic E-state index is 0.0463. The van der Waals surface area contributed by atoms with E-state index in [1.54, 1.807) is 0 Å². The van der Waals surface area contributed by atoms with E-state index in [4.69, 9.17) is 9.78 Å². The molecule has 2 nitrogen and oxygen atoms in total. The average Bonchev–Trinajstić information content (AvgIpc) is 2.56. The average molecular weight is 315 g/mol. The monoisotopic (exact) mass is 314 g/mol. The standard InChI is InChI=1S/C20H42O2/c1-5-9-10-11-12-13-14-15-16-17-18-19-20(6-2,7-3)22-21-8-4/h5-19H2,1-4H3. The van der Waals surface area contributed by atoms with Gasteiger partial charge in [-0.3, -0.25) is 0 Å². The van der Waals surface area contributed by atoms with Crippen molar-refractivity contribution in [2.24, 2.45) is 0 Å². The Morgan fingerprint density at radius 3 is 1.45 bits per heavy atom. The second-order valence-electron chi connectivity index (χ2n) is 6.67. The summed E-state index contributed by atoms with van der Waals surface area (Å²) >= 11 is 0. The van der Waals surface area contributed by atoms with Crippen LogP contribution in [0.25, 0.3) is 0 Å². The maximum Gasteiger partial charge on any atom is 0.103 e. The number of unbranched alkanes of at least 4 members (excludes halogenated alkanes) is 10. The zero-order valence-electron chi connectivity index (χ0n) is 15.9. The van der Waals surface area contributed by atoms with Crippen molar-refractivity contribution in [3.8, 4) is 0 Å². The summed E-state index contributed by atoms with van der Waals surface area (Å²) in [5.74, 6) is 0. The molecule has 134 valence electrons. The van der Waals surface area contributed by atoms with Crippen molar-refractivity contribution in [2.75, 3.05) is 6.61 Å². The summed E-state index contributed by atoms with van der Waals surface area (Å²) in [7, 11) is 0. The molecule has 0 fully saturated rings. The van der Waals surface area contributed by atoms with E-state index in [9.17, 15) is 0 Å². The van der Waals surface area contributed by atoms with Gasteiger partial charge in [-0.25, -0.2) is 9.78 Å². The van der Waals surface area contributed by atoms with Crippen LogP contribution < -0.4 is 0 Å². The molecule has 0 aliphatic rings. The van der Waals surface area contributed by atoms with Crippen molar-refractivity contribution >= 4 is 0 Å². The number of rotatable bonds is 17. The largest absolute Gasteiger partial charge is 0.236 e. The quantitative estimate of drug-likeness (QED) is 0.160. The third kappa shape index (κ3) is 11.5. The molecule has 0 atom stereocenters. The number of hydrogen-bond donors (Lipinski definition) is 0. The summed E-state index contributed by atoms with van der Waals surface area (Å²) in [6.45, 7) is 9.33. The minimum atomic E-state index is -0.0463. The SMILES string of the molecule is CCCCCCCCCCCCCC(CC)(CC)OOCC. The molecular weight excluding hydrogens is 272 g/mol. The molecule has 0 amide bonds. The van der Waals surface area contributed by atoms with Gasteiger partial charge in [0.05, 0.1) is 6.61 Å². The fraction of sp³-hybridized carbons (Fsp3) is 1.00. The Kier molecular flexibility index (Phi) is 15.7. The van der Waals surface area contributed by atoms with Gasteiger partial charge < -0.3 is 0 Å². The molecule has 0 heterocycles. The summed E-state index contributed by atoms with van der Waals surface area (Å²) < 4.78 is 0. The van der Waals surface area contributed by atoms with Crippen LogP contribution in [0.2, 0.25) is 0 Å². The molecule has 0 bridgehead atoms. The van der Waals surface area contributed by atoms with Crippen molar-refractivity contribution in [1.82, 2.24) is 0 Å². The molecule has 0 saturated carbocycles. The summed E-state index contributed by atoms with van der Waals surface area (Å²) in [6.07, 6.45) is 18.6. The van der Waals surface area contributed by atoms with Crippen LogP contribution in [0.5, 0.6) is 0 Å². The van der Waals surface area contributed by atoms with E-state index in [2.05, 4.69) is 20.8 Å². The van der Waals surface area contributed by atoms with Crippen LogP contribution in [0.1, 0.15) is 118 Å². The summed E-state index contributed by atoms with van der Waals surface area (Å²) in [5.41, 5.74) is -0.0463. The molecule has 0 aliphatic carbocycles. The van der Waals surface area contributed by atoms with Crippen LogP contribution in [-0.2, 0) is 9.78 Å². The molecule has 0 aromatic heterocycles. The predicted molar refractivity (Wildman–Crippen MR) is 97.1 cm³/mol. The Morgan fingerprint density at radius 1 is 0.591 bits per heavy atom. The Hall–Kier alpha value is -0.0800. The van der Waals surface area contributed by atoms with Gasteiger partial charge in [-0.05, 0) is 26.2 Å². The highest BCUT2D eigenvalue weighted by molar-refractivity contribution is 4.76. The minimum Gasteiger partial charge on any atom is -0.236 e. The van der Waals surface area contributed by atoms with E-state index in [-0.39, 0.29) is 5.60 Å². The lowest BCUT2D eigenvalue weighted by atomic mass is 9.90. The zero-order valence-corrected chi connectivity index (χ0v) is 15.9. The van der Waals surface area contributed by atoms with Gasteiger partial charge in [0.1, 0.15) is 5.60 Å². The first-order chi connectivity index (χ1) is 10.7. The topological polar surface area (TPSA) is 18.5 Å². The molecule has 0 aromatic carbocycles. The van der Waals surface area contributed by atoms with Crippen molar-refractivity contribution in [2.45, 2.75) is 123 Å². The van der Waals surface area contributed by atoms with Crippen LogP contribution in [0.15, 0.2) is 0 Å². The predicted octanol–water partition coefficient (Wildman–Crippen LogP) is 7.21. The normalized spacial score (nSPS) is 12.0. The molecule has 0 aromatic rings. The lowest BCUT2D eigenvalue weighted by Crippen LogP contribution is -2.31. The van der Waals surface area contributed by atoms with E-state index < -0.39 is 0 Å². The Labute approximate surface area is 140 Å². The van der Waals surface area contributed by atoms with Crippen LogP contribution in [0, 0.1) is 0 Å². The van der Waals surface area contributed by atoms with Gasteiger partial charge in [-0.15, -0.1) is 0 Å². The molecule has 0 rings (SSSR count). The summed E-state index contributed by atoms with van der Waals surface area (Å²) in [5, 5.41) is 0. The first kappa shape index (κ1) is 21.9. The molecular formula is C20H42O2. The summed E-state index contributed by atoms with van der Waals surface area (Å²) in [4.78, 5) is 10.9. The maximum absolute atomic E-state index is 5.67. The molecule has 0 spiro atoms. The molecule has 2 heteroatoms. The van der Waals surface area contributed by atoms with E-state index >= 15 is 0 Å². The maximum atomic E-state index is 5.67. The van der Waals surface area contributed by atoms with Crippen LogP contribution in [0.3, 0.4) is 0 Å². The summed E-state index contributed by atoms with van der Waals surface area (Å²) in [6, 6.07) is 0. The van der Waals surface area contributed by atoms with E-state index in [0.717, 1.165) is 19.3 Å². The highest BCUT2D eigenvalue weighted by Crippen LogP contribution is 2.28. The van der Waals surface area contributed by atoms with E-state index in [1.165, 1.54) is 70.6 Å². The van der Waals surface area contributed by atoms with Crippen LogP contribution in [-0.4, -0.2) is 12.2 Å². The number of hydrogen-bond acceptors (Lipinski definition) is 2. The van der Waals surface area contributed by atoms with Crippen LogP contribution in [0.4, 0.5) is 0 Å². The zero-order chi connectivity index (χ0) is 16.5. The third-order valence-electron chi connectivity index (χ3n) is 4.88. The molecule has 0 unspecified atom stereocenters. The highest BCUT2D eigenvalue weighted by Gasteiger charge is 2.27. The Balaban J connectivity index is 3.49. The fourth-order valence-electron chi connectivity index (χ4n) is 3.06. The van der Waals surface area contributed by atoms with Gasteiger partial charge in [0, 0.05) is 0 Å². The Bertz CT molecular complexity index is 212. The van der Waals surface area contributed by atoms with Crippen molar-refractivity contribution in [1.29, 1.82) is 0 Å². The van der Waals surface area contributed by atoms with E-state index in [1.807, 2.05) is 6.92 Å². The molecule has 22 heavy (non-hydrogen) atoms. The first-order valence-electron chi connectivity index (χ1n) is 10.0. The van der Waals surface area contributed by atoms with Gasteiger partial charge in [0.15, 0.2) is 0 Å². The smallest absolute Gasteiger partial charge is 0.103 e. The lowest BCUT2D eigenvalue weighted by Gasteiger charge is -2.30. The van der Waals surface area contributed by atoms with Crippen molar-refractivity contribution in [3.63, 3.8) is 0 Å². The third-order valence-corrected chi connectivity index (χ3v) is 4.88. The second kappa shape index (κ2) is 15.8. The molecule has 0 aliphatic heterocycles. The molecule has 0 N–H and O–H groups in total. The van der Waals surface area contributed by atoms with Gasteiger partial charge in [0.2, 0.25) is 0 Å². The van der Waals surface area contributed by atoms with Crippen molar-refractivity contribution in [3.05, 3.63) is 0 Å². The highest BCUT2D eigenvalue weighted by atomic mass is 17.2. The Morgan fingerprint density at radius 2 is 1.05 bits per heavy atom. The van der Waals surface area contributed by atoms with Gasteiger partial charge >= 0.3 is 0 Å². The van der Waals surface area contributed by atoms with Crippen LogP contribution >= 0.6 is 0 Å². The van der Waals surface area contributed by atoms with E-state index in [0.29, 0.717) is 6.61 Å². The fourth-order valence-corrected chi connectivity index (χ4v) is 3.06. The van der Waals surface area contributed by atoms with Crippen molar-refractivity contribution < 1.29 is 9.78 Å². The molecule has 0 radical (unpaired) electrons.